The van der Waals surface area contributed by atoms with Gasteiger partial charge in [0.25, 0.3) is 5.91 Å². The minimum Gasteiger partial charge on any atom is -0.348 e. The third-order valence-corrected chi connectivity index (χ3v) is 6.87. The molecule has 2 aliphatic rings. The second kappa shape index (κ2) is 7.31. The average molecular weight is 378 g/mol. The van der Waals surface area contributed by atoms with Crippen LogP contribution in [0.3, 0.4) is 0 Å². The number of carbonyl (C=O) groups is 2. The lowest BCUT2D eigenvalue weighted by Crippen LogP contribution is -2.53. The SMILES string of the molecule is Cc1cc(NC(=O)C(C)(C)C)sc1C(=O)NC1C2CCCC1CC(N)C2. The van der Waals surface area contributed by atoms with Crippen molar-refractivity contribution in [3.05, 3.63) is 16.5 Å². The lowest BCUT2D eigenvalue weighted by Gasteiger charge is -2.45. The molecule has 5 nitrogen and oxygen atoms in total. The lowest BCUT2D eigenvalue weighted by atomic mass is 9.67. The van der Waals surface area contributed by atoms with Crippen LogP contribution >= 0.6 is 11.3 Å². The van der Waals surface area contributed by atoms with Crippen molar-refractivity contribution < 1.29 is 9.59 Å². The average Bonchev–Trinajstić information content (AvgIpc) is 2.88. The van der Waals surface area contributed by atoms with Gasteiger partial charge in [0.1, 0.15) is 0 Å². The summed E-state index contributed by atoms with van der Waals surface area (Å²) in [5.41, 5.74) is 6.64. The van der Waals surface area contributed by atoms with Crippen molar-refractivity contribution in [2.24, 2.45) is 23.0 Å². The number of nitrogens with one attached hydrogen (secondary N) is 2. The molecule has 0 aliphatic heterocycles. The van der Waals surface area contributed by atoms with Gasteiger partial charge >= 0.3 is 0 Å². The van der Waals surface area contributed by atoms with Gasteiger partial charge in [-0.15, -0.1) is 11.3 Å². The predicted octanol–water partition coefficient (Wildman–Crippen LogP) is 3.68. The van der Waals surface area contributed by atoms with Gasteiger partial charge < -0.3 is 16.4 Å². The maximum atomic E-state index is 12.9. The van der Waals surface area contributed by atoms with Gasteiger partial charge in [-0.3, -0.25) is 9.59 Å². The number of thiophene rings is 1. The smallest absolute Gasteiger partial charge is 0.261 e. The van der Waals surface area contributed by atoms with Crippen LogP contribution in [-0.4, -0.2) is 23.9 Å². The van der Waals surface area contributed by atoms with E-state index in [0.717, 1.165) is 36.2 Å². The van der Waals surface area contributed by atoms with E-state index < -0.39 is 5.41 Å². The third-order valence-electron chi connectivity index (χ3n) is 5.72. The summed E-state index contributed by atoms with van der Waals surface area (Å²) in [6.45, 7) is 7.56. The van der Waals surface area contributed by atoms with Gasteiger partial charge in [-0.2, -0.15) is 0 Å². The van der Waals surface area contributed by atoms with Crippen molar-refractivity contribution >= 4 is 28.2 Å². The molecular formula is C20H31N3O2S. The highest BCUT2D eigenvalue weighted by atomic mass is 32.1. The quantitative estimate of drug-likeness (QED) is 0.751. The number of carbonyl (C=O) groups excluding carboxylic acids is 2. The van der Waals surface area contributed by atoms with E-state index in [0.29, 0.717) is 16.7 Å². The Morgan fingerprint density at radius 2 is 1.81 bits per heavy atom. The number of rotatable bonds is 3. The molecule has 0 saturated heterocycles. The largest absolute Gasteiger partial charge is 0.348 e. The van der Waals surface area contributed by atoms with E-state index in [2.05, 4.69) is 10.6 Å². The zero-order valence-corrected chi connectivity index (χ0v) is 17.0. The fraction of sp³-hybridized carbons (Fsp3) is 0.700. The number of aryl methyl sites for hydroxylation is 1. The van der Waals surface area contributed by atoms with Gasteiger partial charge in [-0.25, -0.2) is 0 Å². The van der Waals surface area contributed by atoms with Crippen molar-refractivity contribution in [1.82, 2.24) is 5.32 Å². The van der Waals surface area contributed by atoms with Crippen molar-refractivity contribution in [2.75, 3.05) is 5.32 Å². The van der Waals surface area contributed by atoms with Crippen molar-refractivity contribution in [3.8, 4) is 0 Å². The van der Waals surface area contributed by atoms with Crippen LogP contribution in [0.5, 0.6) is 0 Å². The molecule has 6 heteroatoms. The zero-order chi connectivity index (χ0) is 19.1. The van der Waals surface area contributed by atoms with Gasteiger partial charge in [0.05, 0.1) is 9.88 Å². The minimum atomic E-state index is -0.460. The summed E-state index contributed by atoms with van der Waals surface area (Å²) in [7, 11) is 0. The van der Waals surface area contributed by atoms with E-state index in [-0.39, 0.29) is 23.9 Å². The highest BCUT2D eigenvalue weighted by molar-refractivity contribution is 7.18. The molecule has 26 heavy (non-hydrogen) atoms. The summed E-state index contributed by atoms with van der Waals surface area (Å²) < 4.78 is 0. The molecule has 0 radical (unpaired) electrons. The Balaban J connectivity index is 1.69. The van der Waals surface area contributed by atoms with Crippen LogP contribution in [0.25, 0.3) is 0 Å². The fourth-order valence-corrected chi connectivity index (χ4v) is 5.28. The molecule has 1 aromatic rings. The highest BCUT2D eigenvalue weighted by Crippen LogP contribution is 2.40. The zero-order valence-electron chi connectivity index (χ0n) is 16.2. The van der Waals surface area contributed by atoms with Crippen LogP contribution in [0.1, 0.15) is 68.1 Å². The van der Waals surface area contributed by atoms with Gasteiger partial charge in [0.2, 0.25) is 5.91 Å². The minimum absolute atomic E-state index is 0.0128. The summed E-state index contributed by atoms with van der Waals surface area (Å²) in [5.74, 6) is 0.950. The van der Waals surface area contributed by atoms with Crippen LogP contribution in [-0.2, 0) is 4.79 Å². The second-order valence-corrected chi connectivity index (χ2v) is 10.1. The van der Waals surface area contributed by atoms with Gasteiger partial charge in [-0.1, -0.05) is 27.2 Å². The van der Waals surface area contributed by atoms with E-state index in [9.17, 15) is 9.59 Å². The monoisotopic (exact) mass is 377 g/mol. The predicted molar refractivity (Wildman–Crippen MR) is 106 cm³/mol. The van der Waals surface area contributed by atoms with Crippen LogP contribution < -0.4 is 16.4 Å². The Morgan fingerprint density at radius 1 is 1.19 bits per heavy atom. The van der Waals surface area contributed by atoms with Crippen molar-refractivity contribution in [2.45, 2.75) is 71.9 Å². The molecule has 0 spiro atoms. The molecule has 4 N–H and O–H groups in total. The van der Waals surface area contributed by atoms with Gasteiger partial charge in [0.15, 0.2) is 0 Å². The van der Waals surface area contributed by atoms with E-state index in [1.807, 2.05) is 33.8 Å². The summed E-state index contributed by atoms with van der Waals surface area (Å²) in [6.07, 6.45) is 5.59. The lowest BCUT2D eigenvalue weighted by molar-refractivity contribution is -0.123. The van der Waals surface area contributed by atoms with Crippen LogP contribution in [0.4, 0.5) is 5.00 Å². The standard InChI is InChI=1S/C20H31N3O2S/c1-11-8-15(22-19(25)20(2,3)4)26-17(11)18(24)23-16-12-6-5-7-13(16)10-14(21)9-12/h8,12-14,16H,5-7,9-10,21H2,1-4H3,(H,22,25)(H,23,24). The number of amides is 2. The first-order valence-corrected chi connectivity index (χ1v) is 10.4. The van der Waals surface area contributed by atoms with E-state index in [4.69, 9.17) is 5.73 Å². The second-order valence-electron chi connectivity index (χ2n) is 9.01. The number of fused-ring (bicyclic) bond motifs is 2. The molecule has 2 fully saturated rings. The molecule has 2 saturated carbocycles. The molecular weight excluding hydrogens is 346 g/mol. The molecule has 2 aliphatic carbocycles. The maximum Gasteiger partial charge on any atom is 0.261 e. The fourth-order valence-electron chi connectivity index (χ4n) is 4.31. The molecule has 2 atom stereocenters. The van der Waals surface area contributed by atoms with Gasteiger partial charge in [-0.05, 0) is 56.1 Å². The molecule has 2 amide bonds. The van der Waals surface area contributed by atoms with E-state index in [1.54, 1.807) is 0 Å². The summed E-state index contributed by atoms with van der Waals surface area (Å²) in [4.78, 5) is 25.8. The first-order chi connectivity index (χ1) is 12.1. The van der Waals surface area contributed by atoms with Crippen molar-refractivity contribution in [3.63, 3.8) is 0 Å². The molecule has 2 bridgehead atoms. The number of nitrogens with two attached hydrogens (primary N) is 1. The number of hydrogen-bond acceptors (Lipinski definition) is 4. The molecule has 3 rings (SSSR count). The highest BCUT2D eigenvalue weighted by Gasteiger charge is 2.40. The third kappa shape index (κ3) is 4.12. The Kier molecular flexibility index (Phi) is 5.45. The molecule has 0 aromatic carbocycles. The summed E-state index contributed by atoms with van der Waals surface area (Å²) in [5, 5.41) is 6.96. The van der Waals surface area contributed by atoms with Gasteiger partial charge in [0, 0.05) is 17.5 Å². The van der Waals surface area contributed by atoms with Crippen LogP contribution in [0.2, 0.25) is 0 Å². The normalized spacial score (nSPS) is 28.5. The Labute approximate surface area is 160 Å². The molecule has 144 valence electrons. The molecule has 1 aromatic heterocycles. The molecule has 1 heterocycles. The maximum absolute atomic E-state index is 12.9. The van der Waals surface area contributed by atoms with E-state index in [1.165, 1.54) is 17.8 Å². The molecule has 2 unspecified atom stereocenters. The number of hydrogen-bond donors (Lipinski definition) is 3. The first-order valence-electron chi connectivity index (χ1n) is 9.63. The topological polar surface area (TPSA) is 84.2 Å². The van der Waals surface area contributed by atoms with Crippen LogP contribution in [0.15, 0.2) is 6.07 Å². The Hall–Kier alpha value is -1.40. The number of anilines is 1. The Morgan fingerprint density at radius 3 is 2.38 bits per heavy atom. The summed E-state index contributed by atoms with van der Waals surface area (Å²) >= 11 is 1.36. The summed E-state index contributed by atoms with van der Waals surface area (Å²) in [6, 6.07) is 2.41. The van der Waals surface area contributed by atoms with E-state index >= 15 is 0 Å². The van der Waals surface area contributed by atoms with Crippen LogP contribution in [0, 0.1) is 24.2 Å². The Bertz CT molecular complexity index is 678. The van der Waals surface area contributed by atoms with Crippen molar-refractivity contribution in [1.29, 1.82) is 0 Å². The first kappa shape index (κ1) is 19.4.